The van der Waals surface area contributed by atoms with Crippen LogP contribution in [0.15, 0.2) is 52.2 Å². The Morgan fingerprint density at radius 3 is 2.56 bits per heavy atom. The number of carbonyl (C=O) groups excluding carboxylic acids is 1. The van der Waals surface area contributed by atoms with Gasteiger partial charge in [0.1, 0.15) is 19.3 Å². The molecule has 8 heteroatoms. The molecule has 3 fully saturated rings. The second kappa shape index (κ2) is 12.2. The molecule has 1 aliphatic heterocycles. The summed E-state index contributed by atoms with van der Waals surface area (Å²) in [5.74, 6) is 3.87. The van der Waals surface area contributed by atoms with E-state index in [4.69, 9.17) is 4.74 Å². The Morgan fingerprint density at radius 2 is 1.84 bits per heavy atom. The molecule has 2 saturated carbocycles. The number of fused-ring (bicyclic) bond motifs is 4. The van der Waals surface area contributed by atoms with Crippen molar-refractivity contribution in [2.45, 2.75) is 89.3 Å². The number of Topliss-reactive ketones (excluding diaryl/α,β-unsaturated/α-hetero) is 1. The second-order valence-electron chi connectivity index (χ2n) is 13.4. The number of benzene rings is 1. The van der Waals surface area contributed by atoms with Crippen molar-refractivity contribution in [1.82, 2.24) is 0 Å². The van der Waals surface area contributed by atoms with Gasteiger partial charge in [-0.2, -0.15) is 18.1 Å². The van der Waals surface area contributed by atoms with Gasteiger partial charge in [0.25, 0.3) is 0 Å². The van der Waals surface area contributed by atoms with E-state index in [0.29, 0.717) is 11.8 Å². The van der Waals surface area contributed by atoms with E-state index in [1.807, 2.05) is 5.92 Å². The van der Waals surface area contributed by atoms with Crippen molar-refractivity contribution in [2.75, 3.05) is 31.2 Å². The Bertz CT molecular complexity index is 1350. The van der Waals surface area contributed by atoms with Gasteiger partial charge in [-0.3, -0.25) is 4.79 Å². The maximum Gasteiger partial charge on any atom is 0.457 e. The first-order valence-corrected chi connectivity index (χ1v) is 16.0. The SMILES string of the molecule is C[C@]12C[C@H](c3ccc(N4CCCCC4)cc3)C3=C4CCC(N=O)C=C4CC[C@H]3[C@@H]1CC[C@@H]2C(=O)COCC#CC(F)(F)F. The molecule has 1 heterocycles. The van der Waals surface area contributed by atoms with Crippen LogP contribution >= 0.6 is 0 Å². The average molecular weight is 595 g/mol. The van der Waals surface area contributed by atoms with Crippen molar-refractivity contribution in [3.63, 3.8) is 0 Å². The number of rotatable bonds is 7. The van der Waals surface area contributed by atoms with Crippen LogP contribution in [0.5, 0.6) is 0 Å². The second-order valence-corrected chi connectivity index (χ2v) is 13.4. The molecule has 0 spiro atoms. The first-order chi connectivity index (χ1) is 20.7. The normalized spacial score (nSPS) is 32.1. The van der Waals surface area contributed by atoms with E-state index < -0.39 is 12.8 Å². The van der Waals surface area contributed by atoms with Crippen molar-refractivity contribution in [3.8, 4) is 11.8 Å². The molecule has 5 nitrogen and oxygen atoms in total. The summed E-state index contributed by atoms with van der Waals surface area (Å²) in [4.78, 5) is 27.4. The highest BCUT2D eigenvalue weighted by molar-refractivity contribution is 5.83. The molecule has 230 valence electrons. The molecule has 1 saturated heterocycles. The molecular formula is C35H41F3N2O3. The van der Waals surface area contributed by atoms with Gasteiger partial charge in [-0.25, -0.2) is 0 Å². The van der Waals surface area contributed by atoms with Gasteiger partial charge in [0.15, 0.2) is 5.78 Å². The van der Waals surface area contributed by atoms with Crippen LogP contribution in [0.1, 0.15) is 82.6 Å². The smallest absolute Gasteiger partial charge is 0.372 e. The highest BCUT2D eigenvalue weighted by Gasteiger charge is 2.58. The molecule has 1 aromatic rings. The molecular weight excluding hydrogens is 553 g/mol. The zero-order chi connectivity index (χ0) is 30.2. The topological polar surface area (TPSA) is 59.0 Å². The van der Waals surface area contributed by atoms with Crippen LogP contribution in [-0.2, 0) is 9.53 Å². The number of alkyl halides is 3. The molecule has 4 aliphatic carbocycles. The molecule has 0 radical (unpaired) electrons. The number of nitroso groups, excluding NO2 is 1. The first-order valence-electron chi connectivity index (χ1n) is 16.0. The van der Waals surface area contributed by atoms with E-state index in [2.05, 4.69) is 47.3 Å². The van der Waals surface area contributed by atoms with E-state index in [1.165, 1.54) is 53.2 Å². The molecule has 0 amide bonds. The third kappa shape index (κ3) is 6.07. The molecule has 0 bridgehead atoms. The molecule has 5 aliphatic rings. The van der Waals surface area contributed by atoms with Gasteiger partial charge < -0.3 is 9.64 Å². The molecule has 6 atom stereocenters. The van der Waals surface area contributed by atoms with E-state index in [0.717, 1.165) is 58.0 Å². The van der Waals surface area contributed by atoms with Crippen LogP contribution in [0.3, 0.4) is 0 Å². The first kappa shape index (κ1) is 30.1. The Hall–Kier alpha value is -2.92. The Kier molecular flexibility index (Phi) is 8.56. The van der Waals surface area contributed by atoms with Crippen LogP contribution in [-0.4, -0.2) is 44.3 Å². The summed E-state index contributed by atoms with van der Waals surface area (Å²) in [6.45, 7) is 3.84. The summed E-state index contributed by atoms with van der Waals surface area (Å²) in [5.41, 5.74) is 6.54. The standard InChI is InChI=1S/C35H41F3N2O3/c1-34-21-29(23-6-10-26(11-7-23)40-17-3-2-4-18-40)33-27-13-9-25(39-42)20-24(27)8-12-28(33)30(34)14-15-31(34)32(41)22-43-19-5-16-35(36,37)38/h6-7,10-11,20,25,28-31H,2-4,8-9,12-15,17-19,21-22H2,1H3/t25?,28-,29+,30-,31+,34-/m0/s1. The molecule has 43 heavy (non-hydrogen) atoms. The summed E-state index contributed by atoms with van der Waals surface area (Å²) in [6.07, 6.45) is 7.41. The van der Waals surface area contributed by atoms with Crippen molar-refractivity contribution in [2.24, 2.45) is 28.3 Å². The molecule has 6 rings (SSSR count). The third-order valence-corrected chi connectivity index (χ3v) is 11.0. The maximum absolute atomic E-state index is 13.5. The van der Waals surface area contributed by atoms with Crippen molar-refractivity contribution < 1.29 is 22.7 Å². The highest BCUT2D eigenvalue weighted by Crippen LogP contribution is 2.65. The van der Waals surface area contributed by atoms with E-state index in [-0.39, 0.29) is 35.7 Å². The van der Waals surface area contributed by atoms with Crippen LogP contribution in [0.25, 0.3) is 0 Å². The van der Waals surface area contributed by atoms with Crippen molar-refractivity contribution >= 4 is 11.5 Å². The number of ketones is 1. The number of halogens is 3. The number of ether oxygens (including phenoxy) is 1. The van der Waals surface area contributed by atoms with Gasteiger partial charge in [0.05, 0.1) is 0 Å². The van der Waals surface area contributed by atoms with Crippen LogP contribution < -0.4 is 4.90 Å². The zero-order valence-corrected chi connectivity index (χ0v) is 24.9. The number of anilines is 1. The minimum Gasteiger partial charge on any atom is -0.372 e. The van der Waals surface area contributed by atoms with Gasteiger partial charge in [-0.05, 0) is 110 Å². The fraction of sp³-hybridized carbons (Fsp3) is 0.629. The summed E-state index contributed by atoms with van der Waals surface area (Å²) in [6, 6.07) is 8.84. The number of allylic oxidation sites excluding steroid dienone is 3. The van der Waals surface area contributed by atoms with Crippen LogP contribution in [0.4, 0.5) is 18.9 Å². The summed E-state index contributed by atoms with van der Waals surface area (Å²) in [7, 11) is 0. The Morgan fingerprint density at radius 1 is 1.07 bits per heavy atom. The predicted octanol–water partition coefficient (Wildman–Crippen LogP) is 7.91. The minimum atomic E-state index is -4.56. The van der Waals surface area contributed by atoms with E-state index >= 15 is 0 Å². The quantitative estimate of drug-likeness (QED) is 0.183. The minimum absolute atomic E-state index is 0.0249. The van der Waals surface area contributed by atoms with Crippen LogP contribution in [0, 0.1) is 39.9 Å². The lowest BCUT2D eigenvalue weighted by atomic mass is 9.51. The van der Waals surface area contributed by atoms with Crippen molar-refractivity contribution in [1.29, 1.82) is 0 Å². The van der Waals surface area contributed by atoms with Gasteiger partial charge in [0, 0.05) is 36.5 Å². The third-order valence-electron chi connectivity index (χ3n) is 11.0. The van der Waals surface area contributed by atoms with Gasteiger partial charge >= 0.3 is 6.18 Å². The molecule has 0 aromatic heterocycles. The van der Waals surface area contributed by atoms with Gasteiger partial charge in [-0.15, -0.1) is 0 Å². The summed E-state index contributed by atoms with van der Waals surface area (Å²) < 4.78 is 42.4. The number of hydrogen-bond donors (Lipinski definition) is 0. The number of carbonyl (C=O) groups is 1. The molecule has 1 unspecified atom stereocenters. The Labute approximate surface area is 252 Å². The number of nitrogens with zero attached hydrogens (tertiary/aromatic N) is 2. The van der Waals surface area contributed by atoms with Crippen molar-refractivity contribution in [3.05, 3.63) is 57.5 Å². The monoisotopic (exact) mass is 594 g/mol. The van der Waals surface area contributed by atoms with Gasteiger partial charge in [0.2, 0.25) is 0 Å². The van der Waals surface area contributed by atoms with E-state index in [1.54, 1.807) is 0 Å². The van der Waals surface area contributed by atoms with Crippen LogP contribution in [0.2, 0.25) is 0 Å². The van der Waals surface area contributed by atoms with Gasteiger partial charge in [-0.1, -0.05) is 41.8 Å². The largest absolute Gasteiger partial charge is 0.457 e. The summed E-state index contributed by atoms with van der Waals surface area (Å²) >= 11 is 0. The lowest BCUT2D eigenvalue weighted by Crippen LogP contribution is -2.45. The van der Waals surface area contributed by atoms with E-state index in [9.17, 15) is 22.9 Å². The number of hydrogen-bond acceptors (Lipinski definition) is 5. The fourth-order valence-corrected chi connectivity index (χ4v) is 9.20. The highest BCUT2D eigenvalue weighted by atomic mass is 19.4. The maximum atomic E-state index is 13.5. The molecule has 1 aromatic carbocycles. The Balaban J connectivity index is 1.30. The number of piperidine rings is 1. The zero-order valence-electron chi connectivity index (χ0n) is 24.9. The lowest BCUT2D eigenvalue weighted by molar-refractivity contribution is -0.131. The average Bonchev–Trinajstić information content (AvgIpc) is 3.37. The molecule has 0 N–H and O–H groups in total. The fourth-order valence-electron chi connectivity index (χ4n) is 9.20. The summed E-state index contributed by atoms with van der Waals surface area (Å²) in [5, 5.41) is 3.35. The predicted molar refractivity (Wildman–Crippen MR) is 160 cm³/mol. The lowest BCUT2D eigenvalue weighted by Gasteiger charge is -2.52.